The van der Waals surface area contributed by atoms with Crippen molar-refractivity contribution in [1.29, 1.82) is 0 Å². The van der Waals surface area contributed by atoms with Crippen LogP contribution in [0.4, 0.5) is 11.4 Å². The largest absolute Gasteiger partial charge is 0.494 e. The minimum Gasteiger partial charge on any atom is -0.494 e. The Balaban J connectivity index is 1.43. The van der Waals surface area contributed by atoms with Crippen molar-refractivity contribution in [3.63, 3.8) is 0 Å². The summed E-state index contributed by atoms with van der Waals surface area (Å²) in [5, 5.41) is 2.92. The number of hydrogen-bond donors (Lipinski definition) is 1. The molecule has 47 heavy (non-hydrogen) atoms. The Bertz CT molecular complexity index is 1530. The van der Waals surface area contributed by atoms with Crippen LogP contribution in [0.3, 0.4) is 0 Å². The molecule has 9 heteroatoms. The van der Waals surface area contributed by atoms with Crippen molar-refractivity contribution in [1.82, 2.24) is 0 Å². The number of ether oxygens (including phenoxy) is 4. The first-order chi connectivity index (χ1) is 22.8. The van der Waals surface area contributed by atoms with E-state index in [1.807, 2.05) is 74.5 Å². The quantitative estimate of drug-likeness (QED) is 0.0627. The molecule has 3 aromatic rings. The molecule has 3 aromatic carbocycles. The number of aliphatic imine (C=N–C) groups is 1. The van der Waals surface area contributed by atoms with E-state index in [0.29, 0.717) is 38.5 Å². The molecule has 0 aliphatic rings. The van der Waals surface area contributed by atoms with Gasteiger partial charge in [-0.2, -0.15) is 0 Å². The van der Waals surface area contributed by atoms with Crippen LogP contribution in [0.1, 0.15) is 47.9 Å². The number of unbranched alkanes of at least 4 members (excludes halogenated alkanes) is 2. The number of esters is 2. The number of carbonyl (C=O) groups excluding carboxylic acids is 3. The fourth-order valence-electron chi connectivity index (χ4n) is 4.30. The van der Waals surface area contributed by atoms with Crippen LogP contribution in [0.2, 0.25) is 0 Å². The molecular formula is C38H42N2O7. The van der Waals surface area contributed by atoms with Crippen LogP contribution in [0.15, 0.2) is 97.0 Å². The van der Waals surface area contributed by atoms with Crippen molar-refractivity contribution in [2.75, 3.05) is 31.7 Å². The Kier molecular flexibility index (Phi) is 15.2. The molecule has 0 bridgehead atoms. The van der Waals surface area contributed by atoms with Crippen LogP contribution in [0.5, 0.6) is 11.5 Å². The number of hydrogen-bond acceptors (Lipinski definition) is 8. The van der Waals surface area contributed by atoms with Crippen molar-refractivity contribution >= 4 is 41.5 Å². The monoisotopic (exact) mass is 638 g/mol. The minimum atomic E-state index is -0.421. The highest BCUT2D eigenvalue weighted by molar-refractivity contribution is 6.02. The van der Waals surface area contributed by atoms with Gasteiger partial charge < -0.3 is 24.3 Å². The summed E-state index contributed by atoms with van der Waals surface area (Å²) in [6.07, 6.45) is 10.3. The molecule has 0 atom stereocenters. The van der Waals surface area contributed by atoms with Gasteiger partial charge in [-0.1, -0.05) is 25.3 Å². The number of anilines is 1. The molecule has 0 spiro atoms. The van der Waals surface area contributed by atoms with Gasteiger partial charge in [-0.3, -0.25) is 9.79 Å². The van der Waals surface area contributed by atoms with Gasteiger partial charge in [0.1, 0.15) is 11.5 Å². The Morgan fingerprint density at radius 3 is 1.66 bits per heavy atom. The van der Waals surface area contributed by atoms with Crippen LogP contribution in [0, 0.1) is 13.8 Å². The number of rotatable bonds is 19. The van der Waals surface area contributed by atoms with E-state index in [0.717, 1.165) is 70.9 Å². The standard InChI is InChI=1S/C38H42N2O7/c1-5-36(42)46-23-9-7-21-44-33-16-11-30(12-17-33)15-20-35(41)40-32-25-28(3)38(29(4)26-32)39-27-31-13-18-34(19-14-31)45-22-8-10-24-47-37(43)6-2/h5-6,11-20,25-27H,1-2,7-10,21-24H2,3-4H3,(H,40,41)/b20-15+,39-27?. The maximum Gasteiger partial charge on any atom is 0.330 e. The molecule has 0 aliphatic carbocycles. The Morgan fingerprint density at radius 1 is 0.702 bits per heavy atom. The fourth-order valence-corrected chi connectivity index (χ4v) is 4.30. The highest BCUT2D eigenvalue weighted by atomic mass is 16.5. The summed E-state index contributed by atoms with van der Waals surface area (Å²) >= 11 is 0. The van der Waals surface area contributed by atoms with Gasteiger partial charge in [0.15, 0.2) is 0 Å². The predicted molar refractivity (Wildman–Crippen MR) is 185 cm³/mol. The van der Waals surface area contributed by atoms with Gasteiger partial charge in [-0.15, -0.1) is 0 Å². The van der Waals surface area contributed by atoms with Crippen molar-refractivity contribution in [2.45, 2.75) is 39.5 Å². The Hall–Kier alpha value is -5.44. The highest BCUT2D eigenvalue weighted by Crippen LogP contribution is 2.28. The van der Waals surface area contributed by atoms with Crippen LogP contribution in [-0.4, -0.2) is 50.5 Å². The van der Waals surface area contributed by atoms with E-state index >= 15 is 0 Å². The van der Waals surface area contributed by atoms with E-state index in [1.165, 1.54) is 6.08 Å². The van der Waals surface area contributed by atoms with Crippen molar-refractivity contribution < 1.29 is 33.3 Å². The summed E-state index contributed by atoms with van der Waals surface area (Å²) in [5.41, 5.74) is 5.20. The Labute approximate surface area is 276 Å². The molecule has 1 N–H and O–H groups in total. The van der Waals surface area contributed by atoms with E-state index in [2.05, 4.69) is 18.5 Å². The smallest absolute Gasteiger partial charge is 0.330 e. The first-order valence-corrected chi connectivity index (χ1v) is 15.5. The summed E-state index contributed by atoms with van der Waals surface area (Å²) in [6.45, 7) is 12.4. The van der Waals surface area contributed by atoms with E-state index in [4.69, 9.17) is 23.9 Å². The van der Waals surface area contributed by atoms with Gasteiger partial charge in [-0.25, -0.2) is 9.59 Å². The first kappa shape index (κ1) is 36.0. The van der Waals surface area contributed by atoms with Crippen LogP contribution in [-0.2, 0) is 23.9 Å². The minimum absolute atomic E-state index is 0.240. The highest BCUT2D eigenvalue weighted by Gasteiger charge is 2.07. The molecule has 0 fully saturated rings. The lowest BCUT2D eigenvalue weighted by atomic mass is 10.1. The molecule has 1 amide bonds. The third-order valence-corrected chi connectivity index (χ3v) is 6.73. The second kappa shape index (κ2) is 19.8. The SMILES string of the molecule is C=CC(=O)OCCCCOc1ccc(C=Nc2c(C)cc(NC(=O)/C=C/c3ccc(OCCCCOC(=O)C=C)cc3)cc2C)cc1. The third kappa shape index (κ3) is 13.6. The van der Waals surface area contributed by atoms with Gasteiger partial charge in [0.05, 0.1) is 32.1 Å². The summed E-state index contributed by atoms with van der Waals surface area (Å²) in [7, 11) is 0. The van der Waals surface area contributed by atoms with Gasteiger partial charge in [-0.05, 0) is 116 Å². The van der Waals surface area contributed by atoms with Crippen LogP contribution in [0.25, 0.3) is 6.08 Å². The summed E-state index contributed by atoms with van der Waals surface area (Å²) in [6, 6.07) is 18.9. The number of carbonyl (C=O) groups is 3. The zero-order chi connectivity index (χ0) is 33.9. The number of nitrogens with zero attached hydrogens (tertiary/aromatic N) is 1. The maximum atomic E-state index is 12.6. The van der Waals surface area contributed by atoms with Gasteiger partial charge in [0.25, 0.3) is 0 Å². The molecular weight excluding hydrogens is 596 g/mol. The van der Waals surface area contributed by atoms with Crippen molar-refractivity contribution in [3.8, 4) is 11.5 Å². The normalized spacial score (nSPS) is 10.9. The lowest BCUT2D eigenvalue weighted by Crippen LogP contribution is -2.08. The van der Waals surface area contributed by atoms with E-state index in [9.17, 15) is 14.4 Å². The van der Waals surface area contributed by atoms with Gasteiger partial charge >= 0.3 is 11.9 Å². The summed E-state index contributed by atoms with van der Waals surface area (Å²) in [4.78, 5) is 39.4. The summed E-state index contributed by atoms with van der Waals surface area (Å²) < 4.78 is 21.4. The Morgan fingerprint density at radius 2 is 1.17 bits per heavy atom. The van der Waals surface area contributed by atoms with Gasteiger partial charge in [0.2, 0.25) is 5.91 Å². The predicted octanol–water partition coefficient (Wildman–Crippen LogP) is 7.48. The third-order valence-electron chi connectivity index (χ3n) is 6.73. The van der Waals surface area contributed by atoms with E-state index < -0.39 is 11.9 Å². The molecule has 0 heterocycles. The number of nitrogens with one attached hydrogen (secondary N) is 1. The summed E-state index contributed by atoms with van der Waals surface area (Å²) in [5.74, 6) is 0.407. The van der Waals surface area contributed by atoms with Gasteiger partial charge in [0, 0.05) is 30.1 Å². The number of amides is 1. The fraction of sp³-hybridized carbons (Fsp3) is 0.263. The number of benzene rings is 3. The molecule has 0 aromatic heterocycles. The maximum absolute atomic E-state index is 12.6. The average molecular weight is 639 g/mol. The zero-order valence-electron chi connectivity index (χ0n) is 27.0. The molecule has 0 saturated carbocycles. The molecule has 0 unspecified atom stereocenters. The van der Waals surface area contributed by atoms with E-state index in [1.54, 1.807) is 12.3 Å². The second-order valence-corrected chi connectivity index (χ2v) is 10.5. The molecule has 3 rings (SSSR count). The lowest BCUT2D eigenvalue weighted by Gasteiger charge is -2.10. The molecule has 246 valence electrons. The first-order valence-electron chi connectivity index (χ1n) is 15.5. The van der Waals surface area contributed by atoms with E-state index in [-0.39, 0.29) is 5.91 Å². The van der Waals surface area contributed by atoms with Crippen LogP contribution >= 0.6 is 0 Å². The lowest BCUT2D eigenvalue weighted by molar-refractivity contribution is -0.138. The topological polar surface area (TPSA) is 113 Å². The molecule has 0 aliphatic heterocycles. The van der Waals surface area contributed by atoms with Crippen molar-refractivity contribution in [2.24, 2.45) is 4.99 Å². The average Bonchev–Trinajstić information content (AvgIpc) is 3.07. The molecule has 9 nitrogen and oxygen atoms in total. The molecule has 0 radical (unpaired) electrons. The second-order valence-electron chi connectivity index (χ2n) is 10.5. The molecule has 0 saturated heterocycles. The van der Waals surface area contributed by atoms with Crippen LogP contribution < -0.4 is 14.8 Å². The zero-order valence-corrected chi connectivity index (χ0v) is 27.0. The number of aryl methyl sites for hydroxylation is 2. The van der Waals surface area contributed by atoms with Crippen molar-refractivity contribution in [3.05, 3.63) is 114 Å².